The number of allylic oxidation sites excluding steroid dienone is 1. The molecule has 0 aromatic carbocycles. The average molecular weight is 207 g/mol. The van der Waals surface area contributed by atoms with Crippen LogP contribution in [0.4, 0.5) is 17.6 Å². The quantitative estimate of drug-likeness (QED) is 0.610. The molecule has 1 atom stereocenters. The van der Waals surface area contributed by atoms with Gasteiger partial charge >= 0.3 is 0 Å². The van der Waals surface area contributed by atoms with E-state index in [2.05, 4.69) is 15.9 Å². The van der Waals surface area contributed by atoms with Crippen LogP contribution < -0.4 is 0 Å². The van der Waals surface area contributed by atoms with Crippen molar-refractivity contribution in [2.45, 2.75) is 12.6 Å². The molecule has 54 valence electrons. The van der Waals surface area contributed by atoms with Crippen LogP contribution in [0.1, 0.15) is 0 Å². The highest BCUT2D eigenvalue weighted by atomic mass is 79.9. The maximum atomic E-state index is 11.8. The first-order valence-corrected chi connectivity index (χ1v) is 2.77. The van der Waals surface area contributed by atoms with Crippen molar-refractivity contribution < 1.29 is 17.6 Å². The van der Waals surface area contributed by atoms with Crippen molar-refractivity contribution in [2.24, 2.45) is 0 Å². The number of rotatable bonds is 2. The van der Waals surface area contributed by atoms with Gasteiger partial charge in [-0.25, -0.2) is 17.6 Å². The molecule has 0 aliphatic carbocycles. The molecule has 9 heavy (non-hydrogen) atoms. The Kier molecular flexibility index (Phi) is 3.84. The van der Waals surface area contributed by atoms with E-state index in [4.69, 9.17) is 0 Å². The molecule has 0 heterocycles. The summed E-state index contributed by atoms with van der Waals surface area (Å²) in [5.74, 6) is 0. The van der Waals surface area contributed by atoms with Crippen molar-refractivity contribution in [2.75, 3.05) is 0 Å². The Bertz CT molecular complexity index is 111. The van der Waals surface area contributed by atoms with Gasteiger partial charge in [-0.05, 0) is 15.9 Å². The molecule has 0 bridgehead atoms. The van der Waals surface area contributed by atoms with E-state index in [0.717, 1.165) is 0 Å². The van der Waals surface area contributed by atoms with Crippen LogP contribution in [0, 0.1) is 0 Å². The highest BCUT2D eigenvalue weighted by Crippen LogP contribution is 2.20. The molecule has 0 nitrogen and oxygen atoms in total. The molecule has 0 saturated heterocycles. The molecule has 0 aromatic rings. The Morgan fingerprint density at radius 2 is 1.78 bits per heavy atom. The van der Waals surface area contributed by atoms with Crippen LogP contribution in [-0.2, 0) is 0 Å². The Labute approximate surface area is 57.7 Å². The Morgan fingerprint density at radius 1 is 1.33 bits per heavy atom. The molecule has 0 fully saturated rings. The first-order valence-electron chi connectivity index (χ1n) is 1.97. The zero-order chi connectivity index (χ0) is 7.44. The summed E-state index contributed by atoms with van der Waals surface area (Å²) in [5.41, 5.74) is 0. The summed E-state index contributed by atoms with van der Waals surface area (Å²) in [6, 6.07) is 0. The standard InChI is InChI=1S/C4H3BrF4/c5-2(1-6)3(7)4(8)9/h1,3-4H. The number of hydrogen-bond donors (Lipinski definition) is 0. The zero-order valence-electron chi connectivity index (χ0n) is 4.12. The van der Waals surface area contributed by atoms with E-state index < -0.39 is 17.1 Å². The van der Waals surface area contributed by atoms with Gasteiger partial charge in [-0.2, -0.15) is 0 Å². The first-order chi connectivity index (χ1) is 4.09. The summed E-state index contributed by atoms with van der Waals surface area (Å²) in [7, 11) is 0. The van der Waals surface area contributed by atoms with Gasteiger partial charge in [0.1, 0.15) is 0 Å². The predicted octanol–water partition coefficient (Wildman–Crippen LogP) is 2.80. The third kappa shape index (κ3) is 2.84. The third-order valence-electron chi connectivity index (χ3n) is 0.589. The van der Waals surface area contributed by atoms with Crippen molar-refractivity contribution in [3.63, 3.8) is 0 Å². The van der Waals surface area contributed by atoms with Crippen molar-refractivity contribution >= 4 is 15.9 Å². The molecule has 5 heteroatoms. The lowest BCUT2D eigenvalue weighted by Gasteiger charge is -2.01. The van der Waals surface area contributed by atoms with Crippen LogP contribution in [0.15, 0.2) is 10.8 Å². The van der Waals surface area contributed by atoms with Crippen LogP contribution in [-0.4, -0.2) is 12.6 Å². The second kappa shape index (κ2) is 3.87. The lowest BCUT2D eigenvalue weighted by atomic mass is 10.4. The molecule has 0 radical (unpaired) electrons. The van der Waals surface area contributed by atoms with Crippen LogP contribution in [0.3, 0.4) is 0 Å². The summed E-state index contributed by atoms with van der Waals surface area (Å²) in [6.07, 6.45) is -5.96. The van der Waals surface area contributed by atoms with Gasteiger partial charge in [0.15, 0.2) is 6.17 Å². The zero-order valence-corrected chi connectivity index (χ0v) is 5.71. The normalized spacial score (nSPS) is 16.4. The molecule has 0 spiro atoms. The minimum absolute atomic E-state index is 0.239. The average Bonchev–Trinajstić information content (AvgIpc) is 1.84. The second-order valence-corrected chi connectivity index (χ2v) is 2.15. The fourth-order valence-corrected chi connectivity index (χ4v) is 0.380. The van der Waals surface area contributed by atoms with Gasteiger partial charge in [0.05, 0.1) is 10.8 Å². The molecule has 0 rings (SSSR count). The Morgan fingerprint density at radius 3 is 1.89 bits per heavy atom. The summed E-state index contributed by atoms with van der Waals surface area (Å²) in [5, 5.41) is 0. The SMILES string of the molecule is FC=C(Br)C(F)C(F)F. The topological polar surface area (TPSA) is 0 Å². The van der Waals surface area contributed by atoms with E-state index in [1.54, 1.807) is 0 Å². The van der Waals surface area contributed by atoms with Gasteiger partial charge in [0.2, 0.25) is 0 Å². The molecule has 0 aliphatic heterocycles. The van der Waals surface area contributed by atoms with Crippen molar-refractivity contribution in [1.29, 1.82) is 0 Å². The van der Waals surface area contributed by atoms with E-state index in [9.17, 15) is 17.6 Å². The van der Waals surface area contributed by atoms with E-state index in [0.29, 0.717) is 0 Å². The van der Waals surface area contributed by atoms with Gasteiger partial charge in [-0.15, -0.1) is 0 Å². The number of alkyl halides is 3. The van der Waals surface area contributed by atoms with E-state index in [-0.39, 0.29) is 6.33 Å². The summed E-state index contributed by atoms with van der Waals surface area (Å²) in [4.78, 5) is 0. The molecule has 0 aliphatic rings. The minimum atomic E-state index is -3.17. The van der Waals surface area contributed by atoms with E-state index in [1.165, 1.54) is 0 Å². The minimum Gasteiger partial charge on any atom is -0.235 e. The molecule has 0 N–H and O–H groups in total. The van der Waals surface area contributed by atoms with Crippen molar-refractivity contribution in [3.8, 4) is 0 Å². The summed E-state index contributed by atoms with van der Waals surface area (Å²) < 4.78 is 44.8. The summed E-state index contributed by atoms with van der Waals surface area (Å²) >= 11 is 2.27. The number of hydrogen-bond acceptors (Lipinski definition) is 0. The lowest BCUT2D eigenvalue weighted by molar-refractivity contribution is 0.0730. The van der Waals surface area contributed by atoms with Crippen LogP contribution in [0.5, 0.6) is 0 Å². The molecular weight excluding hydrogens is 204 g/mol. The maximum absolute atomic E-state index is 11.8. The fourth-order valence-electron chi connectivity index (χ4n) is 0.181. The molecule has 1 unspecified atom stereocenters. The number of halogens is 5. The largest absolute Gasteiger partial charge is 0.274 e. The third-order valence-corrected chi connectivity index (χ3v) is 1.20. The Balaban J connectivity index is 3.88. The molecule has 0 saturated carbocycles. The molecule has 0 aromatic heterocycles. The van der Waals surface area contributed by atoms with Crippen LogP contribution in [0.2, 0.25) is 0 Å². The van der Waals surface area contributed by atoms with Gasteiger partial charge < -0.3 is 0 Å². The molecular formula is C4H3BrF4. The van der Waals surface area contributed by atoms with Gasteiger partial charge in [0, 0.05) is 0 Å². The highest BCUT2D eigenvalue weighted by molar-refractivity contribution is 9.11. The van der Waals surface area contributed by atoms with Gasteiger partial charge in [0.25, 0.3) is 6.43 Å². The smallest absolute Gasteiger partial charge is 0.235 e. The first kappa shape index (κ1) is 8.94. The predicted molar refractivity (Wildman–Crippen MR) is 29.0 cm³/mol. The van der Waals surface area contributed by atoms with Crippen molar-refractivity contribution in [3.05, 3.63) is 10.8 Å². The molecule has 0 amide bonds. The Hall–Kier alpha value is -0.0600. The lowest BCUT2D eigenvalue weighted by Crippen LogP contribution is -2.11. The van der Waals surface area contributed by atoms with Crippen LogP contribution >= 0.6 is 15.9 Å². The van der Waals surface area contributed by atoms with Gasteiger partial charge in [-0.3, -0.25) is 0 Å². The second-order valence-electron chi connectivity index (χ2n) is 1.23. The van der Waals surface area contributed by atoms with Crippen molar-refractivity contribution in [1.82, 2.24) is 0 Å². The van der Waals surface area contributed by atoms with E-state index >= 15 is 0 Å². The maximum Gasteiger partial charge on any atom is 0.274 e. The highest BCUT2D eigenvalue weighted by Gasteiger charge is 2.22. The summed E-state index contributed by atoms with van der Waals surface area (Å²) in [6.45, 7) is 0. The van der Waals surface area contributed by atoms with Gasteiger partial charge in [-0.1, -0.05) is 0 Å². The van der Waals surface area contributed by atoms with E-state index in [1.807, 2.05) is 0 Å². The van der Waals surface area contributed by atoms with Crippen LogP contribution in [0.25, 0.3) is 0 Å². The fraction of sp³-hybridized carbons (Fsp3) is 0.500. The monoisotopic (exact) mass is 206 g/mol.